The number of hydrogen-bond acceptors (Lipinski definition) is 7. The van der Waals surface area contributed by atoms with Crippen molar-refractivity contribution in [2.45, 2.75) is 19.2 Å². The summed E-state index contributed by atoms with van der Waals surface area (Å²) in [6.45, 7) is -0.456. The van der Waals surface area contributed by atoms with Crippen molar-refractivity contribution in [1.82, 2.24) is 5.32 Å². The topological polar surface area (TPSA) is 117 Å². The van der Waals surface area contributed by atoms with Crippen molar-refractivity contribution < 1.29 is 41.9 Å². The van der Waals surface area contributed by atoms with Gasteiger partial charge in [0.2, 0.25) is 5.75 Å². The van der Waals surface area contributed by atoms with Crippen molar-refractivity contribution >= 4 is 29.2 Å². The molecule has 32 heavy (non-hydrogen) atoms. The number of esters is 1. The van der Waals surface area contributed by atoms with Gasteiger partial charge in [-0.1, -0.05) is 11.6 Å². The van der Waals surface area contributed by atoms with E-state index in [-0.39, 0.29) is 27.8 Å². The number of alkyl halides is 3. The first kappa shape index (κ1) is 24.7. The van der Waals surface area contributed by atoms with Crippen LogP contribution < -0.4 is 14.8 Å². The van der Waals surface area contributed by atoms with E-state index in [1.165, 1.54) is 37.4 Å². The Balaban J connectivity index is 2.16. The molecule has 0 fully saturated rings. The van der Waals surface area contributed by atoms with Crippen LogP contribution in [0.5, 0.6) is 17.2 Å². The second kappa shape index (κ2) is 10.2. The molecule has 9 nitrogen and oxygen atoms in total. The molecule has 2 aromatic rings. The number of nitrogens with zero attached hydrogens (tertiary/aromatic N) is 1. The number of nitro groups is 1. The van der Waals surface area contributed by atoms with E-state index >= 15 is 0 Å². The molecule has 1 amide bonds. The summed E-state index contributed by atoms with van der Waals surface area (Å²) in [5.41, 5.74) is -0.503. The summed E-state index contributed by atoms with van der Waals surface area (Å²) in [5.74, 6) is -2.26. The monoisotopic (exact) mass is 476 g/mol. The molecule has 1 N–H and O–H groups in total. The highest BCUT2D eigenvalue weighted by Crippen LogP contribution is 2.38. The first-order valence-corrected chi connectivity index (χ1v) is 9.14. The smallest absolute Gasteiger partial charge is 0.405 e. The van der Waals surface area contributed by atoms with Gasteiger partial charge in [-0.05, 0) is 37.3 Å². The van der Waals surface area contributed by atoms with E-state index in [0.29, 0.717) is 0 Å². The summed E-state index contributed by atoms with van der Waals surface area (Å²) in [6.07, 6.45) is -6.11. The maximum absolute atomic E-state index is 12.3. The molecular weight excluding hydrogens is 461 g/mol. The highest BCUT2D eigenvalue weighted by Gasteiger charge is 2.29. The summed E-state index contributed by atoms with van der Waals surface area (Å²) in [5, 5.41) is 12.9. The summed E-state index contributed by atoms with van der Waals surface area (Å²) >= 11 is 5.76. The number of carbonyl (C=O) groups excluding carboxylic acids is 2. The minimum atomic E-state index is -4.61. The summed E-state index contributed by atoms with van der Waals surface area (Å²) in [6, 6.07) is 7.43. The lowest BCUT2D eigenvalue weighted by atomic mass is 10.2. The Kier molecular flexibility index (Phi) is 7.87. The highest BCUT2D eigenvalue weighted by molar-refractivity contribution is 6.30. The van der Waals surface area contributed by atoms with Gasteiger partial charge in [0.05, 0.1) is 17.6 Å². The lowest BCUT2D eigenvalue weighted by molar-refractivity contribution is -0.385. The van der Waals surface area contributed by atoms with Crippen LogP contribution in [0, 0.1) is 10.1 Å². The Bertz CT molecular complexity index is 1030. The molecule has 172 valence electrons. The van der Waals surface area contributed by atoms with Crippen LogP contribution in [-0.4, -0.2) is 42.7 Å². The van der Waals surface area contributed by atoms with Crippen LogP contribution >= 0.6 is 11.6 Å². The number of hydrogen-bond donors (Lipinski definition) is 1. The van der Waals surface area contributed by atoms with Gasteiger partial charge in [0, 0.05) is 11.1 Å². The van der Waals surface area contributed by atoms with Crippen LogP contribution in [0.15, 0.2) is 36.4 Å². The largest absolute Gasteiger partial charge is 0.493 e. The van der Waals surface area contributed by atoms with Gasteiger partial charge in [-0.3, -0.25) is 14.9 Å². The van der Waals surface area contributed by atoms with E-state index in [4.69, 9.17) is 25.8 Å². The predicted octanol–water partition coefficient (Wildman–Crippen LogP) is 4.27. The van der Waals surface area contributed by atoms with E-state index < -0.39 is 41.3 Å². The molecule has 0 bridgehead atoms. The van der Waals surface area contributed by atoms with Gasteiger partial charge in [-0.25, -0.2) is 4.79 Å². The molecule has 13 heteroatoms. The molecule has 0 aliphatic heterocycles. The van der Waals surface area contributed by atoms with Gasteiger partial charge in [0.25, 0.3) is 5.91 Å². The third-order valence-electron chi connectivity index (χ3n) is 3.85. The van der Waals surface area contributed by atoms with E-state index in [0.717, 1.165) is 13.0 Å². The molecule has 0 aliphatic carbocycles. The van der Waals surface area contributed by atoms with E-state index in [9.17, 15) is 32.9 Å². The van der Waals surface area contributed by atoms with Crippen LogP contribution in [-0.2, 0) is 9.53 Å². The van der Waals surface area contributed by atoms with Crippen LogP contribution in [0.25, 0.3) is 0 Å². The standard InChI is InChI=1S/C19H16ClF3N2O7/c1-10(17(26)24-9-19(21,22)23)31-18(27)11-3-5-15(16(7-11)30-2)32-14-6-4-12(20)8-13(14)25(28)29/h3-8,10H,9H2,1-2H3,(H,24,26). The van der Waals surface area contributed by atoms with E-state index in [2.05, 4.69) is 0 Å². The molecular formula is C19H16ClF3N2O7. The molecule has 2 aromatic carbocycles. The molecule has 0 aromatic heterocycles. The number of amides is 1. The molecule has 0 radical (unpaired) electrons. The van der Waals surface area contributed by atoms with Crippen molar-refractivity contribution in [2.24, 2.45) is 0 Å². The summed E-state index contributed by atoms with van der Waals surface area (Å²) < 4.78 is 52.1. The molecule has 0 aliphatic rings. The maximum atomic E-state index is 12.3. The second-order valence-electron chi connectivity index (χ2n) is 6.22. The van der Waals surface area contributed by atoms with Crippen molar-refractivity contribution in [3.63, 3.8) is 0 Å². The van der Waals surface area contributed by atoms with Gasteiger partial charge < -0.3 is 19.5 Å². The lowest BCUT2D eigenvalue weighted by Crippen LogP contribution is -2.40. The third-order valence-corrected chi connectivity index (χ3v) is 4.09. The van der Waals surface area contributed by atoms with Crippen molar-refractivity contribution in [1.29, 1.82) is 0 Å². The number of halogens is 4. The van der Waals surface area contributed by atoms with Gasteiger partial charge in [-0.2, -0.15) is 13.2 Å². The summed E-state index contributed by atoms with van der Waals surface area (Å²) in [4.78, 5) is 34.4. The van der Waals surface area contributed by atoms with Crippen LogP contribution in [0.4, 0.5) is 18.9 Å². The van der Waals surface area contributed by atoms with Crippen LogP contribution in [0.2, 0.25) is 5.02 Å². The van der Waals surface area contributed by atoms with Gasteiger partial charge in [0.1, 0.15) is 6.54 Å². The lowest BCUT2D eigenvalue weighted by Gasteiger charge is -2.15. The molecule has 0 saturated carbocycles. The molecule has 0 heterocycles. The Labute approximate surface area is 184 Å². The number of rotatable bonds is 8. The minimum absolute atomic E-state index is 0.00197. The van der Waals surface area contributed by atoms with E-state index in [1.807, 2.05) is 0 Å². The maximum Gasteiger partial charge on any atom is 0.405 e. The van der Waals surface area contributed by atoms with Crippen molar-refractivity contribution in [3.05, 3.63) is 57.1 Å². The fourth-order valence-corrected chi connectivity index (χ4v) is 2.50. The molecule has 1 unspecified atom stereocenters. The fraction of sp³-hybridized carbons (Fsp3) is 0.263. The number of nitrogens with one attached hydrogen (secondary N) is 1. The molecule has 0 spiro atoms. The zero-order chi connectivity index (χ0) is 24.1. The normalized spacial score (nSPS) is 11.9. The molecule has 1 atom stereocenters. The summed E-state index contributed by atoms with van der Waals surface area (Å²) in [7, 11) is 1.25. The third kappa shape index (κ3) is 6.74. The first-order valence-electron chi connectivity index (χ1n) is 8.76. The Morgan fingerprint density at radius 3 is 2.41 bits per heavy atom. The highest BCUT2D eigenvalue weighted by atomic mass is 35.5. The Morgan fingerprint density at radius 2 is 1.81 bits per heavy atom. The van der Waals surface area contributed by atoms with Gasteiger partial charge in [-0.15, -0.1) is 0 Å². The molecule has 2 rings (SSSR count). The number of nitro benzene ring substituents is 1. The zero-order valence-corrected chi connectivity index (χ0v) is 17.3. The fourth-order valence-electron chi connectivity index (χ4n) is 2.33. The number of ether oxygens (including phenoxy) is 3. The average Bonchev–Trinajstić information content (AvgIpc) is 2.72. The minimum Gasteiger partial charge on any atom is -0.493 e. The Hall–Kier alpha value is -3.54. The average molecular weight is 477 g/mol. The first-order chi connectivity index (χ1) is 14.9. The van der Waals surface area contributed by atoms with Crippen molar-refractivity contribution in [2.75, 3.05) is 13.7 Å². The van der Waals surface area contributed by atoms with Gasteiger partial charge in [0.15, 0.2) is 17.6 Å². The van der Waals surface area contributed by atoms with Gasteiger partial charge >= 0.3 is 17.8 Å². The van der Waals surface area contributed by atoms with Crippen LogP contribution in [0.1, 0.15) is 17.3 Å². The van der Waals surface area contributed by atoms with Crippen molar-refractivity contribution in [3.8, 4) is 17.2 Å². The second-order valence-corrected chi connectivity index (χ2v) is 6.65. The predicted molar refractivity (Wildman–Crippen MR) is 105 cm³/mol. The van der Waals surface area contributed by atoms with Crippen LogP contribution in [0.3, 0.4) is 0 Å². The Morgan fingerprint density at radius 1 is 1.16 bits per heavy atom. The number of benzene rings is 2. The zero-order valence-electron chi connectivity index (χ0n) is 16.6. The van der Waals surface area contributed by atoms with E-state index in [1.54, 1.807) is 5.32 Å². The number of methoxy groups -OCH3 is 1. The molecule has 0 saturated heterocycles. The number of carbonyl (C=O) groups is 2. The quantitative estimate of drug-likeness (QED) is 0.343. The SMILES string of the molecule is COc1cc(C(=O)OC(C)C(=O)NCC(F)(F)F)ccc1Oc1ccc(Cl)cc1[N+](=O)[O-].